The Labute approximate surface area is 105 Å². The minimum Gasteiger partial charge on any atom is -0.384 e. The number of ether oxygens (including phenoxy) is 1. The summed E-state index contributed by atoms with van der Waals surface area (Å²) in [6.45, 7) is 3.98. The summed E-state index contributed by atoms with van der Waals surface area (Å²) in [6.07, 6.45) is 2.41. The summed E-state index contributed by atoms with van der Waals surface area (Å²) in [4.78, 5) is 2.41. The number of nitrogens with zero attached hydrogens (tertiary/aromatic N) is 3. The number of nitrogen functional groups attached to an aromatic ring is 1. The fourth-order valence-electron chi connectivity index (χ4n) is 2.11. The first-order valence-electron chi connectivity index (χ1n) is 5.82. The molecule has 0 unspecified atom stereocenters. The molecule has 0 aliphatic carbocycles. The Bertz CT molecular complexity index is 337. The van der Waals surface area contributed by atoms with Crippen molar-refractivity contribution in [2.24, 2.45) is 11.8 Å². The monoisotopic (exact) mass is 257 g/mol. The number of nitrogens with one attached hydrogen (secondary N) is 1. The zero-order valence-corrected chi connectivity index (χ0v) is 10.9. The molecule has 17 heavy (non-hydrogen) atoms. The van der Waals surface area contributed by atoms with Crippen LogP contribution in [0.15, 0.2) is 0 Å². The lowest BCUT2D eigenvalue weighted by atomic mass is 9.98. The highest BCUT2D eigenvalue weighted by Crippen LogP contribution is 2.21. The lowest BCUT2D eigenvalue weighted by Crippen LogP contribution is -2.34. The summed E-state index contributed by atoms with van der Waals surface area (Å²) in [5, 5.41) is 9.72. The molecule has 96 valence electrons. The molecule has 1 fully saturated rings. The van der Waals surface area contributed by atoms with Gasteiger partial charge in [0, 0.05) is 13.7 Å². The summed E-state index contributed by atoms with van der Waals surface area (Å²) in [5.74, 6) is 5.99. The number of anilines is 1. The van der Waals surface area contributed by atoms with E-state index in [-0.39, 0.29) is 0 Å². The molecule has 1 aromatic heterocycles. The predicted octanol–water partition coefficient (Wildman–Crippen LogP) is 0.682. The number of methoxy groups -OCH3 is 1. The van der Waals surface area contributed by atoms with Crippen molar-refractivity contribution in [3.63, 3.8) is 0 Å². The Morgan fingerprint density at radius 2 is 2.24 bits per heavy atom. The van der Waals surface area contributed by atoms with E-state index < -0.39 is 0 Å². The van der Waals surface area contributed by atoms with E-state index in [1.165, 1.54) is 24.2 Å². The van der Waals surface area contributed by atoms with Gasteiger partial charge in [-0.2, -0.15) is 0 Å². The van der Waals surface area contributed by atoms with Crippen LogP contribution >= 0.6 is 11.3 Å². The summed E-state index contributed by atoms with van der Waals surface area (Å²) < 4.78 is 5.19. The second-order valence-electron chi connectivity index (χ2n) is 4.32. The predicted molar refractivity (Wildman–Crippen MR) is 67.6 cm³/mol. The third kappa shape index (κ3) is 3.60. The molecule has 0 radical (unpaired) electrons. The molecule has 7 heteroatoms. The topological polar surface area (TPSA) is 76.3 Å². The summed E-state index contributed by atoms with van der Waals surface area (Å²) in [7, 11) is 1.77. The molecule has 6 nitrogen and oxygen atoms in total. The Morgan fingerprint density at radius 1 is 1.47 bits per heavy atom. The molecule has 0 bridgehead atoms. The van der Waals surface area contributed by atoms with Crippen LogP contribution in [0.3, 0.4) is 0 Å². The summed E-state index contributed by atoms with van der Waals surface area (Å²) in [6, 6.07) is 0. The number of rotatable bonds is 5. The van der Waals surface area contributed by atoms with Crippen molar-refractivity contribution in [1.29, 1.82) is 0 Å². The number of aromatic nitrogens is 2. The largest absolute Gasteiger partial charge is 0.384 e. The van der Waals surface area contributed by atoms with Crippen LogP contribution < -0.4 is 11.3 Å². The molecule has 2 heterocycles. The van der Waals surface area contributed by atoms with E-state index >= 15 is 0 Å². The lowest BCUT2D eigenvalue weighted by Gasteiger charge is -2.30. The fraction of sp³-hybridized carbons (Fsp3) is 0.800. The van der Waals surface area contributed by atoms with Crippen LogP contribution in [0.5, 0.6) is 0 Å². The first kappa shape index (κ1) is 12.7. The van der Waals surface area contributed by atoms with Gasteiger partial charge in [0.15, 0.2) is 0 Å². The van der Waals surface area contributed by atoms with E-state index in [1.54, 1.807) is 7.11 Å². The average molecular weight is 257 g/mol. The fourth-order valence-corrected chi connectivity index (χ4v) is 2.81. The maximum atomic E-state index is 5.28. The molecule has 1 saturated heterocycles. The van der Waals surface area contributed by atoms with E-state index in [1.807, 2.05) is 0 Å². The van der Waals surface area contributed by atoms with Crippen LogP contribution in [0, 0.1) is 5.92 Å². The SMILES string of the molecule is COCC1CCN(Cc2nnc(NN)s2)CC1. The molecule has 1 aliphatic rings. The minimum atomic E-state index is 0.675. The molecule has 2 rings (SSSR count). The first-order chi connectivity index (χ1) is 8.31. The van der Waals surface area contributed by atoms with Crippen LogP contribution in [0.2, 0.25) is 0 Å². The third-order valence-corrected chi connectivity index (χ3v) is 3.90. The lowest BCUT2D eigenvalue weighted by molar-refractivity contribution is 0.0967. The molecule has 0 spiro atoms. The zero-order valence-electron chi connectivity index (χ0n) is 10.1. The maximum absolute atomic E-state index is 5.28. The van der Waals surface area contributed by atoms with Crippen molar-refractivity contribution in [2.45, 2.75) is 19.4 Å². The third-order valence-electron chi connectivity index (χ3n) is 3.06. The van der Waals surface area contributed by atoms with Crippen molar-refractivity contribution in [3.8, 4) is 0 Å². The Morgan fingerprint density at radius 3 is 2.82 bits per heavy atom. The van der Waals surface area contributed by atoms with Gasteiger partial charge in [-0.05, 0) is 31.8 Å². The first-order valence-corrected chi connectivity index (χ1v) is 6.63. The van der Waals surface area contributed by atoms with E-state index in [0.717, 1.165) is 31.2 Å². The number of hydrogen-bond donors (Lipinski definition) is 2. The normalized spacial score (nSPS) is 18.5. The highest BCUT2D eigenvalue weighted by molar-refractivity contribution is 7.15. The quantitative estimate of drug-likeness (QED) is 0.597. The van der Waals surface area contributed by atoms with Gasteiger partial charge in [0.05, 0.1) is 6.54 Å². The van der Waals surface area contributed by atoms with Crippen LogP contribution in [0.25, 0.3) is 0 Å². The smallest absolute Gasteiger partial charge is 0.219 e. The van der Waals surface area contributed by atoms with Crippen LogP contribution in [0.1, 0.15) is 17.8 Å². The molecule has 1 aromatic rings. The van der Waals surface area contributed by atoms with Crippen LogP contribution in [0.4, 0.5) is 5.13 Å². The molecule has 1 aliphatic heterocycles. The maximum Gasteiger partial charge on any atom is 0.219 e. The zero-order chi connectivity index (χ0) is 12.1. The number of nitrogens with two attached hydrogens (primary N) is 1. The highest BCUT2D eigenvalue weighted by Gasteiger charge is 2.20. The molecule has 0 atom stereocenters. The van der Waals surface area contributed by atoms with Crippen LogP contribution in [-0.2, 0) is 11.3 Å². The van der Waals surface area contributed by atoms with Gasteiger partial charge in [-0.25, -0.2) is 5.84 Å². The molecular formula is C10H19N5OS. The number of likely N-dealkylation sites (tertiary alicyclic amines) is 1. The van der Waals surface area contributed by atoms with Crippen molar-refractivity contribution in [2.75, 3.05) is 32.2 Å². The Hall–Kier alpha value is -0.760. The van der Waals surface area contributed by atoms with E-state index in [4.69, 9.17) is 10.6 Å². The Balaban J connectivity index is 1.77. The van der Waals surface area contributed by atoms with Gasteiger partial charge < -0.3 is 4.74 Å². The van der Waals surface area contributed by atoms with Crippen molar-refractivity contribution in [3.05, 3.63) is 5.01 Å². The molecule has 0 amide bonds. The second kappa shape index (κ2) is 6.25. The summed E-state index contributed by atoms with van der Waals surface area (Å²) in [5.41, 5.74) is 2.52. The molecule has 3 N–H and O–H groups in total. The average Bonchev–Trinajstić information content (AvgIpc) is 2.80. The summed E-state index contributed by atoms with van der Waals surface area (Å²) >= 11 is 1.51. The Kier molecular flexibility index (Phi) is 4.66. The number of piperidine rings is 1. The molecule has 0 saturated carbocycles. The van der Waals surface area contributed by atoms with Crippen LogP contribution in [-0.4, -0.2) is 41.9 Å². The van der Waals surface area contributed by atoms with Crippen molar-refractivity contribution < 1.29 is 4.74 Å². The van der Waals surface area contributed by atoms with Gasteiger partial charge in [-0.1, -0.05) is 11.3 Å². The van der Waals surface area contributed by atoms with Gasteiger partial charge in [0.1, 0.15) is 5.01 Å². The van der Waals surface area contributed by atoms with Gasteiger partial charge in [0.25, 0.3) is 0 Å². The van der Waals surface area contributed by atoms with Gasteiger partial charge >= 0.3 is 0 Å². The van der Waals surface area contributed by atoms with Crippen molar-refractivity contribution in [1.82, 2.24) is 15.1 Å². The number of hydrazine groups is 1. The second-order valence-corrected chi connectivity index (χ2v) is 5.38. The van der Waals surface area contributed by atoms with Gasteiger partial charge in [-0.3, -0.25) is 10.3 Å². The van der Waals surface area contributed by atoms with E-state index in [2.05, 4.69) is 20.5 Å². The number of hydrogen-bond acceptors (Lipinski definition) is 7. The van der Waals surface area contributed by atoms with Crippen molar-refractivity contribution >= 4 is 16.5 Å². The standard InChI is InChI=1S/C10H19N5OS/c1-16-7-8-2-4-15(5-3-8)6-9-13-14-10(12-11)17-9/h8H,2-7,11H2,1H3,(H,12,14). The highest BCUT2D eigenvalue weighted by atomic mass is 32.1. The minimum absolute atomic E-state index is 0.675. The molecular weight excluding hydrogens is 238 g/mol. The molecule has 0 aromatic carbocycles. The van der Waals surface area contributed by atoms with E-state index in [9.17, 15) is 0 Å². The van der Waals surface area contributed by atoms with Gasteiger partial charge in [-0.15, -0.1) is 10.2 Å². The van der Waals surface area contributed by atoms with Gasteiger partial charge in [0.2, 0.25) is 5.13 Å². The van der Waals surface area contributed by atoms with E-state index in [0.29, 0.717) is 11.0 Å².